The normalized spacial score (nSPS) is 12.5. The van der Waals surface area contributed by atoms with Crippen molar-refractivity contribution in [2.45, 2.75) is 24.5 Å². The number of hydrogen-bond donors (Lipinski definition) is 1. The van der Waals surface area contributed by atoms with Crippen molar-refractivity contribution in [3.8, 4) is 11.5 Å². The van der Waals surface area contributed by atoms with Crippen LogP contribution in [0.4, 0.5) is 43.4 Å². The van der Waals surface area contributed by atoms with E-state index in [0.29, 0.717) is 0 Å². The summed E-state index contributed by atoms with van der Waals surface area (Å²) in [7, 11) is -4.23. The molecule has 0 atom stereocenters. The van der Waals surface area contributed by atoms with Crippen molar-refractivity contribution in [3.05, 3.63) is 72.3 Å². The molecule has 0 amide bonds. The van der Waals surface area contributed by atoms with E-state index >= 15 is 0 Å². The molecule has 0 aliphatic heterocycles. The number of ether oxygens (including phenoxy) is 2. The Labute approximate surface area is 195 Å². The summed E-state index contributed by atoms with van der Waals surface area (Å²) in [4.78, 5) is -0.159. The number of hydrogen-bond acceptors (Lipinski definition) is 6. The van der Waals surface area contributed by atoms with Gasteiger partial charge in [-0.2, -0.15) is 5.11 Å². The van der Waals surface area contributed by atoms with Gasteiger partial charge in [-0.1, -0.05) is 17.7 Å². The number of benzene rings is 3. The molecule has 3 aromatic carbocycles. The summed E-state index contributed by atoms with van der Waals surface area (Å²) in [5.74, 6) is -1.22. The summed E-state index contributed by atoms with van der Waals surface area (Å²) in [5.41, 5.74) is 0.270. The van der Waals surface area contributed by atoms with E-state index in [2.05, 4.69) is 24.4 Å². The summed E-state index contributed by atoms with van der Waals surface area (Å²) in [6.07, 6.45) is -9.91. The fourth-order valence-electron chi connectivity index (χ4n) is 2.63. The highest BCUT2D eigenvalue weighted by Crippen LogP contribution is 2.35. The van der Waals surface area contributed by atoms with E-state index in [4.69, 9.17) is 0 Å². The van der Waals surface area contributed by atoms with Crippen LogP contribution in [0, 0.1) is 6.92 Å². The number of nitrogens with one attached hydrogen (secondary N) is 1. The molecule has 0 spiro atoms. The van der Waals surface area contributed by atoms with Gasteiger partial charge >= 0.3 is 12.7 Å². The van der Waals surface area contributed by atoms with Gasteiger partial charge in [0.15, 0.2) is 0 Å². The molecule has 3 aromatic rings. The van der Waals surface area contributed by atoms with Crippen molar-refractivity contribution in [2.75, 3.05) is 4.72 Å². The van der Waals surface area contributed by atoms with E-state index in [1.54, 1.807) is 6.92 Å². The average molecular weight is 519 g/mol. The second-order valence-electron chi connectivity index (χ2n) is 6.89. The van der Waals surface area contributed by atoms with Crippen molar-refractivity contribution in [3.63, 3.8) is 0 Å². The lowest BCUT2D eigenvalue weighted by molar-refractivity contribution is -0.275. The molecule has 14 heteroatoms. The lowest BCUT2D eigenvalue weighted by Gasteiger charge is -2.13. The zero-order valence-electron chi connectivity index (χ0n) is 17.6. The Balaban J connectivity index is 1.92. The first kappa shape index (κ1) is 25.8. The van der Waals surface area contributed by atoms with Crippen LogP contribution in [0.15, 0.2) is 81.9 Å². The Kier molecular flexibility index (Phi) is 7.24. The number of sulfonamides is 1. The Morgan fingerprint density at radius 3 is 1.86 bits per heavy atom. The van der Waals surface area contributed by atoms with Gasteiger partial charge in [0, 0.05) is 6.07 Å². The van der Waals surface area contributed by atoms with E-state index in [9.17, 15) is 34.8 Å². The fraction of sp³-hybridized carbons (Fsp3) is 0.143. The summed E-state index contributed by atoms with van der Waals surface area (Å²) in [6, 6.07) is 12.6. The molecule has 0 aromatic heterocycles. The van der Waals surface area contributed by atoms with Crippen LogP contribution in [0.25, 0.3) is 0 Å². The summed E-state index contributed by atoms with van der Waals surface area (Å²) in [5, 5.41) is 7.59. The van der Waals surface area contributed by atoms with Crippen LogP contribution < -0.4 is 14.2 Å². The van der Waals surface area contributed by atoms with Crippen molar-refractivity contribution in [1.82, 2.24) is 0 Å². The van der Waals surface area contributed by atoms with E-state index in [0.717, 1.165) is 48.0 Å². The number of alkyl halides is 6. The van der Waals surface area contributed by atoms with Crippen molar-refractivity contribution in [1.29, 1.82) is 0 Å². The molecular formula is C21H15F6N3O4S. The van der Waals surface area contributed by atoms with Gasteiger partial charge in [0.1, 0.15) is 17.2 Å². The van der Waals surface area contributed by atoms with Gasteiger partial charge in [-0.3, -0.25) is 4.72 Å². The molecule has 0 heterocycles. The molecule has 3 rings (SSSR count). The first-order valence-corrected chi connectivity index (χ1v) is 11.0. The molecule has 186 valence electrons. The van der Waals surface area contributed by atoms with Crippen LogP contribution >= 0.6 is 0 Å². The second kappa shape index (κ2) is 9.82. The molecule has 0 unspecified atom stereocenters. The molecule has 35 heavy (non-hydrogen) atoms. The monoisotopic (exact) mass is 519 g/mol. The van der Waals surface area contributed by atoms with Crippen LogP contribution in [-0.2, 0) is 10.0 Å². The second-order valence-corrected chi connectivity index (χ2v) is 8.57. The molecule has 1 N–H and O–H groups in total. The highest BCUT2D eigenvalue weighted by molar-refractivity contribution is 7.92. The van der Waals surface area contributed by atoms with Crippen molar-refractivity contribution >= 4 is 27.1 Å². The Hall–Kier alpha value is -3.81. The third-order valence-electron chi connectivity index (χ3n) is 4.12. The lowest BCUT2D eigenvalue weighted by atomic mass is 10.2. The Morgan fingerprint density at radius 1 is 0.743 bits per heavy atom. The highest BCUT2D eigenvalue weighted by Gasteiger charge is 2.32. The number of aryl methyl sites for hydroxylation is 1. The SMILES string of the molecule is Cc1ccc(S(=O)(=O)Nc2cc(OC(F)(F)F)ccc2N=Nc2ccc(OC(F)(F)F)cc2)cc1. The van der Waals surface area contributed by atoms with E-state index in [-0.39, 0.29) is 22.0 Å². The van der Waals surface area contributed by atoms with Crippen LogP contribution in [0.3, 0.4) is 0 Å². The van der Waals surface area contributed by atoms with Gasteiger partial charge in [0.25, 0.3) is 10.0 Å². The van der Waals surface area contributed by atoms with Crippen LogP contribution in [0.2, 0.25) is 0 Å². The summed E-state index contributed by atoms with van der Waals surface area (Å²) < 4.78 is 110. The van der Waals surface area contributed by atoms with Crippen molar-refractivity contribution in [2.24, 2.45) is 10.2 Å². The number of halogens is 6. The lowest BCUT2D eigenvalue weighted by Crippen LogP contribution is -2.17. The van der Waals surface area contributed by atoms with E-state index < -0.39 is 34.2 Å². The van der Waals surface area contributed by atoms with E-state index in [1.165, 1.54) is 24.3 Å². The third-order valence-corrected chi connectivity index (χ3v) is 5.50. The van der Waals surface area contributed by atoms with Gasteiger partial charge in [0.05, 0.1) is 16.3 Å². The van der Waals surface area contributed by atoms with Gasteiger partial charge in [-0.05, 0) is 55.5 Å². The molecule has 7 nitrogen and oxygen atoms in total. The number of anilines is 1. The van der Waals surface area contributed by atoms with E-state index in [1.807, 2.05) is 0 Å². The molecule has 0 saturated carbocycles. The molecule has 0 aliphatic rings. The minimum atomic E-state index is -5.03. The first-order valence-electron chi connectivity index (χ1n) is 9.47. The predicted molar refractivity (Wildman–Crippen MR) is 112 cm³/mol. The van der Waals surface area contributed by atoms with Gasteiger partial charge < -0.3 is 9.47 Å². The maximum atomic E-state index is 12.7. The smallest absolute Gasteiger partial charge is 0.406 e. The average Bonchev–Trinajstić information content (AvgIpc) is 2.72. The van der Waals surface area contributed by atoms with Crippen LogP contribution in [0.1, 0.15) is 5.56 Å². The zero-order valence-corrected chi connectivity index (χ0v) is 18.4. The summed E-state index contributed by atoms with van der Waals surface area (Å²) >= 11 is 0. The Morgan fingerprint density at radius 2 is 1.29 bits per heavy atom. The third kappa shape index (κ3) is 7.88. The first-order chi connectivity index (χ1) is 16.2. The molecule has 0 radical (unpaired) electrons. The molecule has 0 saturated heterocycles. The molecule has 0 aliphatic carbocycles. The van der Waals surface area contributed by atoms with Gasteiger partial charge in [-0.15, -0.1) is 31.5 Å². The van der Waals surface area contributed by atoms with Crippen molar-refractivity contribution < 1.29 is 44.2 Å². The number of azo groups is 1. The standard InChI is InChI=1S/C21H15F6N3O4S/c1-13-2-9-17(10-3-13)35(31,32)30-19-12-16(34-21(25,26)27)8-11-18(19)29-28-14-4-6-15(7-5-14)33-20(22,23)24/h2-12,30H,1H3. The zero-order chi connectivity index (χ0) is 25.9. The fourth-order valence-corrected chi connectivity index (χ4v) is 3.69. The number of rotatable bonds is 7. The highest BCUT2D eigenvalue weighted by atomic mass is 32.2. The van der Waals surface area contributed by atoms with Gasteiger partial charge in [-0.25, -0.2) is 8.42 Å². The molecular weight excluding hydrogens is 504 g/mol. The maximum absolute atomic E-state index is 12.7. The Bertz CT molecular complexity index is 1310. The van der Waals surface area contributed by atoms with Crippen LogP contribution in [0.5, 0.6) is 11.5 Å². The van der Waals surface area contributed by atoms with Crippen LogP contribution in [-0.4, -0.2) is 21.1 Å². The minimum absolute atomic E-state index is 0.0579. The minimum Gasteiger partial charge on any atom is -0.406 e. The van der Waals surface area contributed by atoms with Gasteiger partial charge in [0.2, 0.25) is 0 Å². The molecule has 0 fully saturated rings. The number of nitrogens with zero attached hydrogens (tertiary/aromatic N) is 2. The maximum Gasteiger partial charge on any atom is 0.573 e. The molecule has 0 bridgehead atoms. The topological polar surface area (TPSA) is 89.4 Å². The summed E-state index contributed by atoms with van der Waals surface area (Å²) in [6.45, 7) is 1.74. The quantitative estimate of drug-likeness (QED) is 0.269. The largest absolute Gasteiger partial charge is 0.573 e. The predicted octanol–water partition coefficient (Wildman–Crippen LogP) is 7.01.